The van der Waals surface area contributed by atoms with Gasteiger partial charge in [-0.1, -0.05) is 18.2 Å². The number of hydrogen-bond donors (Lipinski definition) is 2. The van der Waals surface area contributed by atoms with Gasteiger partial charge in [0, 0.05) is 12.3 Å². The minimum Gasteiger partial charge on any atom is -0.495 e. The first kappa shape index (κ1) is 23.1. The van der Waals surface area contributed by atoms with Gasteiger partial charge in [-0.05, 0) is 35.7 Å². The maximum atomic E-state index is 13.0. The van der Waals surface area contributed by atoms with Crippen molar-refractivity contribution in [2.45, 2.75) is 14.0 Å². The average Bonchev–Trinajstić information content (AvgIpc) is 3.24. The molecule has 31 heavy (non-hydrogen) atoms. The molecule has 0 unspecified atom stereocenters. The summed E-state index contributed by atoms with van der Waals surface area (Å²) in [5.74, 6) is -0.174. The predicted molar refractivity (Wildman–Crippen MR) is 118 cm³/mol. The van der Waals surface area contributed by atoms with E-state index >= 15 is 0 Å². The standard InChI is InChI=1S/C18H18N2O7S4/c1-27-16-12-13(29(2,21)22)9-10-17(16)30(23,24)19-14-6-3-4-7-15(14)20-31(25,26)18-8-5-11-28-18/h3-12,19-20H,1-2H3. The molecule has 0 atom stereocenters. The number of para-hydroxylation sites is 2. The van der Waals surface area contributed by atoms with E-state index in [-0.39, 0.29) is 31.1 Å². The molecule has 3 rings (SSSR count). The third kappa shape index (κ3) is 5.18. The van der Waals surface area contributed by atoms with E-state index in [0.29, 0.717) is 0 Å². The number of methoxy groups -OCH3 is 1. The zero-order valence-corrected chi connectivity index (χ0v) is 19.5. The Balaban J connectivity index is 1.98. The van der Waals surface area contributed by atoms with Gasteiger partial charge in [0.25, 0.3) is 20.0 Å². The van der Waals surface area contributed by atoms with Gasteiger partial charge in [-0.15, -0.1) is 11.3 Å². The van der Waals surface area contributed by atoms with Crippen molar-refractivity contribution in [1.29, 1.82) is 0 Å². The van der Waals surface area contributed by atoms with Gasteiger partial charge in [-0.25, -0.2) is 25.3 Å². The average molecular weight is 503 g/mol. The van der Waals surface area contributed by atoms with Gasteiger partial charge in [0.05, 0.1) is 23.4 Å². The van der Waals surface area contributed by atoms with Crippen molar-refractivity contribution in [3.63, 3.8) is 0 Å². The minimum absolute atomic E-state index is 0.0168. The van der Waals surface area contributed by atoms with Crippen molar-refractivity contribution in [2.75, 3.05) is 22.8 Å². The zero-order valence-electron chi connectivity index (χ0n) is 16.3. The first-order valence-corrected chi connectivity index (χ1v) is 14.2. The molecule has 166 valence electrons. The van der Waals surface area contributed by atoms with Gasteiger partial charge in [-0.3, -0.25) is 9.44 Å². The lowest BCUT2D eigenvalue weighted by Crippen LogP contribution is -2.17. The summed E-state index contributed by atoms with van der Waals surface area (Å²) in [7, 11) is -10.5. The van der Waals surface area contributed by atoms with Crippen LogP contribution in [0, 0.1) is 0 Å². The SMILES string of the molecule is COc1cc(S(C)(=O)=O)ccc1S(=O)(=O)Nc1ccccc1NS(=O)(=O)c1cccs1. The summed E-state index contributed by atoms with van der Waals surface area (Å²) in [5, 5.41) is 1.61. The fraction of sp³-hybridized carbons (Fsp3) is 0.111. The Kier molecular flexibility index (Phi) is 6.32. The summed E-state index contributed by atoms with van der Waals surface area (Å²) in [6, 6.07) is 12.3. The molecular weight excluding hydrogens is 484 g/mol. The first-order chi connectivity index (χ1) is 14.4. The monoisotopic (exact) mass is 502 g/mol. The Morgan fingerprint density at radius 2 is 1.42 bits per heavy atom. The van der Waals surface area contributed by atoms with E-state index in [4.69, 9.17) is 4.74 Å². The molecule has 3 aromatic rings. The molecule has 0 radical (unpaired) electrons. The quantitative estimate of drug-likeness (QED) is 0.483. The molecule has 0 aliphatic rings. The lowest BCUT2D eigenvalue weighted by atomic mass is 10.3. The predicted octanol–water partition coefficient (Wildman–Crippen LogP) is 2.76. The summed E-state index contributed by atoms with van der Waals surface area (Å²) in [4.78, 5) is -0.411. The molecule has 1 aromatic heterocycles. The number of benzene rings is 2. The highest BCUT2D eigenvalue weighted by molar-refractivity contribution is 7.94. The smallest absolute Gasteiger partial charge is 0.271 e. The number of nitrogens with one attached hydrogen (secondary N) is 2. The number of hydrogen-bond acceptors (Lipinski definition) is 8. The Morgan fingerprint density at radius 1 is 0.806 bits per heavy atom. The molecule has 0 aliphatic heterocycles. The molecule has 0 fully saturated rings. The summed E-state index contributed by atoms with van der Waals surface area (Å²) in [6.07, 6.45) is 0.990. The summed E-state index contributed by atoms with van der Waals surface area (Å²) >= 11 is 1.02. The van der Waals surface area contributed by atoms with Gasteiger partial charge >= 0.3 is 0 Å². The lowest BCUT2D eigenvalue weighted by molar-refractivity contribution is 0.401. The maximum absolute atomic E-state index is 13.0. The number of sulfone groups is 1. The molecule has 0 aliphatic carbocycles. The van der Waals surface area contributed by atoms with Crippen LogP contribution in [0.5, 0.6) is 5.75 Å². The van der Waals surface area contributed by atoms with Crippen LogP contribution in [-0.2, 0) is 29.9 Å². The molecule has 9 nitrogen and oxygen atoms in total. The maximum Gasteiger partial charge on any atom is 0.271 e. The first-order valence-electron chi connectivity index (χ1n) is 8.50. The van der Waals surface area contributed by atoms with Crippen molar-refractivity contribution in [1.82, 2.24) is 0 Å². The zero-order chi connectivity index (χ0) is 22.9. The molecule has 13 heteroatoms. The van der Waals surface area contributed by atoms with E-state index < -0.39 is 29.9 Å². The Hall–Kier alpha value is -2.61. The molecule has 2 aromatic carbocycles. The van der Waals surface area contributed by atoms with Crippen LogP contribution < -0.4 is 14.2 Å². The van der Waals surface area contributed by atoms with Crippen LogP contribution in [0.25, 0.3) is 0 Å². The number of sulfonamides is 2. The van der Waals surface area contributed by atoms with Crippen LogP contribution in [0.15, 0.2) is 74.0 Å². The van der Waals surface area contributed by atoms with E-state index in [9.17, 15) is 25.3 Å². The van der Waals surface area contributed by atoms with Crippen LogP contribution in [0.3, 0.4) is 0 Å². The number of rotatable bonds is 8. The summed E-state index contributed by atoms with van der Waals surface area (Å²) in [6.45, 7) is 0. The normalized spacial score (nSPS) is 12.3. The van der Waals surface area contributed by atoms with Crippen molar-refractivity contribution in [3.05, 3.63) is 60.0 Å². The van der Waals surface area contributed by atoms with Crippen LogP contribution in [0.2, 0.25) is 0 Å². The van der Waals surface area contributed by atoms with Gasteiger partial charge in [0.15, 0.2) is 9.84 Å². The number of anilines is 2. The van der Waals surface area contributed by atoms with Crippen LogP contribution >= 0.6 is 11.3 Å². The molecule has 1 heterocycles. The largest absolute Gasteiger partial charge is 0.495 e. The Morgan fingerprint density at radius 3 is 1.94 bits per heavy atom. The van der Waals surface area contributed by atoms with E-state index in [2.05, 4.69) is 9.44 Å². The lowest BCUT2D eigenvalue weighted by Gasteiger charge is -2.16. The van der Waals surface area contributed by atoms with E-state index in [1.165, 1.54) is 31.4 Å². The van der Waals surface area contributed by atoms with Crippen LogP contribution in [0.1, 0.15) is 0 Å². The second-order valence-electron chi connectivity index (χ2n) is 6.27. The Bertz CT molecular complexity index is 1410. The fourth-order valence-corrected chi connectivity index (χ4v) is 6.51. The summed E-state index contributed by atoms with van der Waals surface area (Å²) < 4.78 is 84.3. The van der Waals surface area contributed by atoms with Gasteiger partial charge < -0.3 is 4.74 Å². The van der Waals surface area contributed by atoms with Crippen LogP contribution in [0.4, 0.5) is 11.4 Å². The fourth-order valence-electron chi connectivity index (χ4n) is 2.57. The third-order valence-corrected chi connectivity index (χ3v) is 9.31. The van der Waals surface area contributed by atoms with Gasteiger partial charge in [0.1, 0.15) is 14.9 Å². The number of ether oxygens (including phenoxy) is 1. The van der Waals surface area contributed by atoms with Crippen molar-refractivity contribution < 1.29 is 30.0 Å². The topological polar surface area (TPSA) is 136 Å². The Labute approximate surface area is 184 Å². The highest BCUT2D eigenvalue weighted by Gasteiger charge is 2.24. The molecular formula is C18H18N2O7S4. The van der Waals surface area contributed by atoms with Gasteiger partial charge in [0.2, 0.25) is 0 Å². The van der Waals surface area contributed by atoms with Crippen molar-refractivity contribution in [3.8, 4) is 5.75 Å². The van der Waals surface area contributed by atoms with Gasteiger partial charge in [-0.2, -0.15) is 0 Å². The van der Waals surface area contributed by atoms with E-state index in [0.717, 1.165) is 35.8 Å². The highest BCUT2D eigenvalue weighted by Crippen LogP contribution is 2.32. The van der Waals surface area contributed by atoms with E-state index in [1.807, 2.05) is 0 Å². The summed E-state index contributed by atoms with van der Waals surface area (Å²) in [5.41, 5.74) is 0.00284. The van der Waals surface area contributed by atoms with Crippen molar-refractivity contribution in [2.24, 2.45) is 0 Å². The third-order valence-electron chi connectivity index (χ3n) is 4.03. The molecule has 0 saturated carbocycles. The number of thiophene rings is 1. The van der Waals surface area contributed by atoms with E-state index in [1.54, 1.807) is 17.5 Å². The highest BCUT2D eigenvalue weighted by atomic mass is 32.2. The second kappa shape index (κ2) is 8.49. The van der Waals surface area contributed by atoms with Crippen LogP contribution in [-0.4, -0.2) is 38.6 Å². The van der Waals surface area contributed by atoms with Crippen molar-refractivity contribution >= 4 is 52.6 Å². The molecule has 0 amide bonds. The molecule has 0 bridgehead atoms. The molecule has 2 N–H and O–H groups in total. The molecule has 0 saturated heterocycles. The molecule has 0 spiro atoms. The minimum atomic E-state index is -4.25. The second-order valence-corrected chi connectivity index (χ2v) is 12.8.